The van der Waals surface area contributed by atoms with Gasteiger partial charge in [0.25, 0.3) is 0 Å². The number of aromatic hydroxyl groups is 2. The van der Waals surface area contributed by atoms with Crippen LogP contribution in [-0.2, 0) is 6.54 Å². The van der Waals surface area contributed by atoms with Crippen LogP contribution in [0.5, 0.6) is 11.5 Å². The van der Waals surface area contributed by atoms with Crippen molar-refractivity contribution >= 4 is 40.5 Å². The van der Waals surface area contributed by atoms with Crippen LogP contribution in [0.25, 0.3) is 22.2 Å². The van der Waals surface area contributed by atoms with Gasteiger partial charge in [0.05, 0.1) is 0 Å². The molecule has 0 amide bonds. The Bertz CT molecular complexity index is 1070. The van der Waals surface area contributed by atoms with Crippen molar-refractivity contribution in [2.45, 2.75) is 6.54 Å². The standard InChI is InChI=1S/C21H27N5O4Se/c27-11-8-22-5-6-24-14-2-3-15-17-18(25-26(15)10-7-23-9-12-28)13-1-4-16(29)19(30)20(13)31-21(14)17/h1-4,22-24,27-30H,5-12H2. The molecule has 2 aromatic carbocycles. The van der Waals surface area contributed by atoms with E-state index >= 15 is 0 Å². The number of anilines is 1. The summed E-state index contributed by atoms with van der Waals surface area (Å²) in [5.41, 5.74) is 3.69. The van der Waals surface area contributed by atoms with Crippen LogP contribution < -0.4 is 24.9 Å². The molecule has 10 heteroatoms. The fraction of sp³-hybridized carbons (Fsp3) is 0.381. The Morgan fingerprint density at radius 2 is 1.65 bits per heavy atom. The summed E-state index contributed by atoms with van der Waals surface area (Å²) in [4.78, 5) is 0. The van der Waals surface area contributed by atoms with Gasteiger partial charge in [0.1, 0.15) is 0 Å². The van der Waals surface area contributed by atoms with E-state index in [-0.39, 0.29) is 39.7 Å². The molecule has 0 atom stereocenters. The van der Waals surface area contributed by atoms with E-state index < -0.39 is 0 Å². The molecule has 0 saturated carbocycles. The van der Waals surface area contributed by atoms with Gasteiger partial charge in [-0.25, -0.2) is 0 Å². The molecular formula is C21H27N5O4Se. The molecule has 0 radical (unpaired) electrons. The van der Waals surface area contributed by atoms with Crippen LogP contribution in [0, 0.1) is 0 Å². The Labute approximate surface area is 186 Å². The molecule has 0 fully saturated rings. The Morgan fingerprint density at radius 3 is 2.42 bits per heavy atom. The fourth-order valence-electron chi connectivity index (χ4n) is 3.68. The summed E-state index contributed by atoms with van der Waals surface area (Å²) in [5.74, 6) is -0.193. The van der Waals surface area contributed by atoms with Gasteiger partial charge in [0.15, 0.2) is 0 Å². The van der Waals surface area contributed by atoms with Crippen molar-refractivity contribution in [2.24, 2.45) is 0 Å². The molecule has 31 heavy (non-hydrogen) atoms. The Morgan fingerprint density at radius 1 is 0.871 bits per heavy atom. The molecule has 1 aliphatic heterocycles. The van der Waals surface area contributed by atoms with Gasteiger partial charge in [-0.2, -0.15) is 0 Å². The topological polar surface area (TPSA) is 135 Å². The maximum absolute atomic E-state index is 10.5. The minimum absolute atomic E-state index is 0.0742. The average molecular weight is 492 g/mol. The monoisotopic (exact) mass is 493 g/mol. The van der Waals surface area contributed by atoms with Crippen LogP contribution in [0.1, 0.15) is 0 Å². The first-order valence-corrected chi connectivity index (χ1v) is 12.0. The second-order valence-electron chi connectivity index (χ2n) is 7.19. The number of nitrogens with zero attached hydrogens (tertiary/aromatic N) is 2. The van der Waals surface area contributed by atoms with Crippen LogP contribution in [0.3, 0.4) is 0 Å². The molecule has 1 aliphatic rings. The predicted molar refractivity (Wildman–Crippen MR) is 122 cm³/mol. The second kappa shape index (κ2) is 9.86. The van der Waals surface area contributed by atoms with Gasteiger partial charge in [-0.05, 0) is 0 Å². The first-order chi connectivity index (χ1) is 15.2. The number of phenols is 2. The number of hydrogen-bond acceptors (Lipinski definition) is 8. The number of aliphatic hydroxyl groups excluding tert-OH is 2. The molecule has 166 valence electrons. The molecule has 0 saturated heterocycles. The van der Waals surface area contributed by atoms with Gasteiger partial charge in [-0.1, -0.05) is 0 Å². The van der Waals surface area contributed by atoms with Crippen LogP contribution in [0.2, 0.25) is 0 Å². The maximum atomic E-state index is 10.5. The number of benzene rings is 2. The Hall–Kier alpha value is -2.33. The quantitative estimate of drug-likeness (QED) is 0.0777. The molecule has 0 unspecified atom stereocenters. The number of aliphatic hydroxyl groups is 2. The summed E-state index contributed by atoms with van der Waals surface area (Å²) in [6, 6.07) is 7.44. The second-order valence-corrected chi connectivity index (χ2v) is 9.34. The van der Waals surface area contributed by atoms with Crippen molar-refractivity contribution in [1.82, 2.24) is 20.4 Å². The van der Waals surface area contributed by atoms with Crippen molar-refractivity contribution in [3.8, 4) is 22.8 Å². The zero-order valence-electron chi connectivity index (χ0n) is 17.1. The van der Waals surface area contributed by atoms with Gasteiger partial charge in [0, 0.05) is 0 Å². The van der Waals surface area contributed by atoms with E-state index in [2.05, 4.69) is 22.0 Å². The van der Waals surface area contributed by atoms with Gasteiger partial charge >= 0.3 is 186 Å². The third-order valence-electron chi connectivity index (χ3n) is 5.14. The average Bonchev–Trinajstić information content (AvgIpc) is 3.15. The molecule has 9 nitrogen and oxygen atoms in total. The molecule has 2 heterocycles. The molecule has 0 aliphatic carbocycles. The summed E-state index contributed by atoms with van der Waals surface area (Å²) in [6.45, 7) is 4.04. The summed E-state index contributed by atoms with van der Waals surface area (Å²) < 4.78 is 3.79. The van der Waals surface area contributed by atoms with Gasteiger partial charge in [-0.15, -0.1) is 0 Å². The minimum atomic E-state index is -0.214. The normalized spacial score (nSPS) is 12.3. The number of nitrogens with one attached hydrogen (secondary N) is 3. The van der Waals surface area contributed by atoms with E-state index in [9.17, 15) is 10.2 Å². The van der Waals surface area contributed by atoms with Crippen LogP contribution in [-0.4, -0.2) is 91.1 Å². The Kier molecular flexibility index (Phi) is 6.96. The van der Waals surface area contributed by atoms with E-state index in [0.717, 1.165) is 43.3 Å². The van der Waals surface area contributed by atoms with E-state index in [1.165, 1.54) is 6.07 Å². The van der Waals surface area contributed by atoms with Crippen LogP contribution >= 0.6 is 0 Å². The molecule has 0 bridgehead atoms. The zero-order valence-corrected chi connectivity index (χ0v) is 18.8. The van der Waals surface area contributed by atoms with E-state index in [1.807, 2.05) is 16.8 Å². The van der Waals surface area contributed by atoms with Crippen molar-refractivity contribution in [3.63, 3.8) is 0 Å². The van der Waals surface area contributed by atoms with E-state index in [0.29, 0.717) is 32.7 Å². The predicted octanol–water partition coefficient (Wildman–Crippen LogP) is -1.34. The Balaban J connectivity index is 1.72. The molecule has 4 rings (SSSR count). The molecule has 0 spiro atoms. The van der Waals surface area contributed by atoms with Gasteiger partial charge in [-0.3, -0.25) is 0 Å². The number of aromatic nitrogens is 2. The fourth-order valence-corrected chi connectivity index (χ4v) is 6.26. The summed E-state index contributed by atoms with van der Waals surface area (Å²) in [6.07, 6.45) is 0. The SMILES string of the molecule is OCCNCCNc1ccc2c3c(nn2CCNCCO)-c2ccc(O)c(O)c2[Se]c13. The van der Waals surface area contributed by atoms with Gasteiger partial charge < -0.3 is 0 Å². The molecular weight excluding hydrogens is 465 g/mol. The zero-order chi connectivity index (χ0) is 21.8. The first kappa shape index (κ1) is 21.9. The summed E-state index contributed by atoms with van der Waals surface area (Å²) in [5, 5.41) is 54.2. The third kappa shape index (κ3) is 4.36. The number of rotatable bonds is 11. The summed E-state index contributed by atoms with van der Waals surface area (Å²) in [7, 11) is 0. The van der Waals surface area contributed by atoms with Crippen molar-refractivity contribution < 1.29 is 20.4 Å². The molecule has 1 aromatic heterocycles. The van der Waals surface area contributed by atoms with Crippen molar-refractivity contribution in [1.29, 1.82) is 0 Å². The third-order valence-corrected chi connectivity index (χ3v) is 7.75. The van der Waals surface area contributed by atoms with Gasteiger partial charge in [0.2, 0.25) is 0 Å². The van der Waals surface area contributed by atoms with Crippen molar-refractivity contribution in [2.75, 3.05) is 51.3 Å². The van der Waals surface area contributed by atoms with Crippen molar-refractivity contribution in [3.05, 3.63) is 24.3 Å². The summed E-state index contributed by atoms with van der Waals surface area (Å²) >= 11 is -0.214. The van der Waals surface area contributed by atoms with Crippen LogP contribution in [0.4, 0.5) is 5.69 Å². The first-order valence-electron chi connectivity index (χ1n) is 10.3. The number of hydrogen-bond donors (Lipinski definition) is 7. The molecule has 7 N–H and O–H groups in total. The number of fused-ring (bicyclic) bond motifs is 2. The van der Waals surface area contributed by atoms with E-state index in [4.69, 9.17) is 15.3 Å². The van der Waals surface area contributed by atoms with Crippen LogP contribution in [0.15, 0.2) is 24.3 Å². The molecule has 3 aromatic rings. The van der Waals surface area contributed by atoms with E-state index in [1.54, 1.807) is 0 Å². The number of phenolic OH excluding ortho intramolecular Hbond substituents is 2.